The predicted octanol–water partition coefficient (Wildman–Crippen LogP) is 3.29. The molecule has 0 saturated carbocycles. The molecule has 114 valence electrons. The fraction of sp³-hybridized carbons (Fsp3) is 0.500. The van der Waals surface area contributed by atoms with Crippen LogP contribution in [-0.4, -0.2) is 21.5 Å². The fourth-order valence-corrected chi connectivity index (χ4v) is 3.52. The van der Waals surface area contributed by atoms with E-state index in [4.69, 9.17) is 0 Å². The van der Waals surface area contributed by atoms with Crippen molar-refractivity contribution in [3.8, 4) is 0 Å². The standard InChI is InChI=1S/C14H20N4OS2/c1-3-5-10-7-12(19)18-14(17-10)20-9-11-8-16-13(21-11)15-6-4-2/h7-8H,3-6,9H2,1-2H3,(H,15,16)(H,17,18,19). The lowest BCUT2D eigenvalue weighted by molar-refractivity contribution is 0.816. The van der Waals surface area contributed by atoms with Crippen molar-refractivity contribution < 1.29 is 0 Å². The van der Waals surface area contributed by atoms with Crippen molar-refractivity contribution in [2.45, 2.75) is 44.0 Å². The summed E-state index contributed by atoms with van der Waals surface area (Å²) in [6.07, 6.45) is 4.79. The van der Waals surface area contributed by atoms with Gasteiger partial charge in [0, 0.05) is 35.1 Å². The average molecular weight is 324 g/mol. The largest absolute Gasteiger partial charge is 0.362 e. The third-order valence-electron chi connectivity index (χ3n) is 2.71. The molecule has 0 saturated heterocycles. The first kappa shape index (κ1) is 16.0. The highest BCUT2D eigenvalue weighted by atomic mass is 32.2. The van der Waals surface area contributed by atoms with Gasteiger partial charge in [-0.2, -0.15) is 0 Å². The molecule has 2 heterocycles. The van der Waals surface area contributed by atoms with Gasteiger partial charge in [-0.05, 0) is 12.8 Å². The average Bonchev–Trinajstić information content (AvgIpc) is 2.91. The number of aryl methyl sites for hydroxylation is 1. The summed E-state index contributed by atoms with van der Waals surface area (Å²) in [5.41, 5.74) is 0.781. The zero-order valence-electron chi connectivity index (χ0n) is 12.3. The molecule has 0 aliphatic rings. The van der Waals surface area contributed by atoms with Crippen LogP contribution in [0.3, 0.4) is 0 Å². The van der Waals surface area contributed by atoms with Crippen LogP contribution in [0.15, 0.2) is 22.2 Å². The van der Waals surface area contributed by atoms with Crippen molar-refractivity contribution in [2.75, 3.05) is 11.9 Å². The minimum absolute atomic E-state index is 0.0782. The first-order chi connectivity index (χ1) is 10.2. The van der Waals surface area contributed by atoms with Gasteiger partial charge >= 0.3 is 0 Å². The molecule has 0 unspecified atom stereocenters. The predicted molar refractivity (Wildman–Crippen MR) is 89.3 cm³/mol. The van der Waals surface area contributed by atoms with Crippen LogP contribution in [0, 0.1) is 0 Å². The zero-order chi connectivity index (χ0) is 15.1. The van der Waals surface area contributed by atoms with Gasteiger partial charge in [0.05, 0.1) is 0 Å². The molecule has 0 aromatic carbocycles. The summed E-state index contributed by atoms with van der Waals surface area (Å²) in [6, 6.07) is 1.58. The van der Waals surface area contributed by atoms with Crippen LogP contribution in [0.5, 0.6) is 0 Å². The molecule has 0 amide bonds. The zero-order valence-corrected chi connectivity index (χ0v) is 13.9. The van der Waals surface area contributed by atoms with Crippen LogP contribution >= 0.6 is 23.1 Å². The van der Waals surface area contributed by atoms with Gasteiger partial charge in [-0.15, -0.1) is 11.3 Å². The highest BCUT2D eigenvalue weighted by molar-refractivity contribution is 7.98. The fourth-order valence-electron chi connectivity index (χ4n) is 1.76. The van der Waals surface area contributed by atoms with Crippen molar-refractivity contribution in [1.29, 1.82) is 0 Å². The quantitative estimate of drug-likeness (QED) is 0.576. The molecule has 21 heavy (non-hydrogen) atoms. The maximum atomic E-state index is 11.6. The first-order valence-electron chi connectivity index (χ1n) is 7.13. The van der Waals surface area contributed by atoms with Crippen LogP contribution < -0.4 is 10.9 Å². The van der Waals surface area contributed by atoms with Gasteiger partial charge < -0.3 is 10.3 Å². The lowest BCUT2D eigenvalue weighted by Gasteiger charge is -2.02. The van der Waals surface area contributed by atoms with Crippen LogP contribution in [-0.2, 0) is 12.2 Å². The number of anilines is 1. The Morgan fingerprint density at radius 2 is 2.24 bits per heavy atom. The van der Waals surface area contributed by atoms with E-state index in [1.807, 2.05) is 6.20 Å². The number of H-pyrrole nitrogens is 1. The Kier molecular flexibility index (Phi) is 6.25. The van der Waals surface area contributed by atoms with E-state index in [-0.39, 0.29) is 5.56 Å². The third-order valence-corrected chi connectivity index (χ3v) is 4.77. The van der Waals surface area contributed by atoms with Crippen LogP contribution in [0.1, 0.15) is 37.3 Å². The topological polar surface area (TPSA) is 70.7 Å². The summed E-state index contributed by atoms with van der Waals surface area (Å²) in [6.45, 7) is 5.15. The molecule has 0 aliphatic carbocycles. The van der Waals surface area contributed by atoms with Crippen LogP contribution in [0.4, 0.5) is 5.13 Å². The molecule has 0 aliphatic heterocycles. The van der Waals surface area contributed by atoms with E-state index in [0.717, 1.165) is 42.4 Å². The second-order valence-electron chi connectivity index (χ2n) is 4.64. The van der Waals surface area contributed by atoms with Gasteiger partial charge in [0.1, 0.15) is 0 Å². The van der Waals surface area contributed by atoms with Gasteiger partial charge in [0.15, 0.2) is 10.3 Å². The van der Waals surface area contributed by atoms with Gasteiger partial charge in [-0.1, -0.05) is 32.0 Å². The lowest BCUT2D eigenvalue weighted by atomic mass is 10.2. The lowest BCUT2D eigenvalue weighted by Crippen LogP contribution is -2.09. The molecule has 0 spiro atoms. The van der Waals surface area contributed by atoms with Crippen LogP contribution in [0.2, 0.25) is 0 Å². The first-order valence-corrected chi connectivity index (χ1v) is 8.93. The van der Waals surface area contributed by atoms with E-state index in [0.29, 0.717) is 5.16 Å². The molecule has 0 radical (unpaired) electrons. The molecule has 2 aromatic heterocycles. The summed E-state index contributed by atoms with van der Waals surface area (Å²) >= 11 is 3.19. The Labute approximate surface area is 132 Å². The normalized spacial score (nSPS) is 10.8. The number of nitrogens with one attached hydrogen (secondary N) is 2. The van der Waals surface area contributed by atoms with Gasteiger partial charge in [-0.3, -0.25) is 4.79 Å². The highest BCUT2D eigenvalue weighted by Crippen LogP contribution is 2.25. The molecule has 0 atom stereocenters. The van der Waals surface area contributed by atoms with E-state index in [2.05, 4.69) is 34.1 Å². The number of nitrogens with zero attached hydrogens (tertiary/aromatic N) is 2. The Balaban J connectivity index is 1.96. The molecule has 0 bridgehead atoms. The maximum absolute atomic E-state index is 11.6. The molecular weight excluding hydrogens is 304 g/mol. The molecule has 2 rings (SSSR count). The van der Waals surface area contributed by atoms with Crippen molar-refractivity contribution >= 4 is 28.2 Å². The monoisotopic (exact) mass is 324 g/mol. The molecule has 5 nitrogen and oxygen atoms in total. The van der Waals surface area contributed by atoms with E-state index in [9.17, 15) is 4.79 Å². The van der Waals surface area contributed by atoms with Crippen molar-refractivity contribution in [3.05, 3.63) is 33.2 Å². The van der Waals surface area contributed by atoms with Crippen molar-refractivity contribution in [1.82, 2.24) is 15.0 Å². The summed E-state index contributed by atoms with van der Waals surface area (Å²) in [7, 11) is 0. The minimum atomic E-state index is -0.0782. The Morgan fingerprint density at radius 3 is 3.00 bits per heavy atom. The molecule has 0 fully saturated rings. The van der Waals surface area contributed by atoms with Gasteiger partial charge in [-0.25, -0.2) is 9.97 Å². The summed E-state index contributed by atoms with van der Waals surface area (Å²) in [5, 5.41) is 4.91. The van der Waals surface area contributed by atoms with Gasteiger partial charge in [0.2, 0.25) is 0 Å². The molecular formula is C14H20N4OS2. The minimum Gasteiger partial charge on any atom is -0.362 e. The molecule has 7 heteroatoms. The summed E-state index contributed by atoms with van der Waals surface area (Å²) in [5.74, 6) is 0.768. The van der Waals surface area contributed by atoms with Crippen LogP contribution in [0.25, 0.3) is 0 Å². The smallest absolute Gasteiger partial charge is 0.251 e. The van der Waals surface area contributed by atoms with E-state index < -0.39 is 0 Å². The van der Waals surface area contributed by atoms with Crippen molar-refractivity contribution in [2.24, 2.45) is 0 Å². The third kappa shape index (κ3) is 5.17. The second-order valence-corrected chi connectivity index (χ2v) is 6.72. The number of rotatable bonds is 8. The highest BCUT2D eigenvalue weighted by Gasteiger charge is 2.05. The maximum Gasteiger partial charge on any atom is 0.251 e. The Bertz CT molecular complexity index is 623. The van der Waals surface area contributed by atoms with E-state index in [1.165, 1.54) is 4.88 Å². The molecule has 2 N–H and O–H groups in total. The van der Waals surface area contributed by atoms with E-state index >= 15 is 0 Å². The van der Waals surface area contributed by atoms with Gasteiger partial charge in [0.25, 0.3) is 5.56 Å². The second kappa shape index (κ2) is 8.19. The number of thioether (sulfide) groups is 1. The number of aromatic amines is 1. The SMILES string of the molecule is CCCNc1ncc(CSc2nc(CCC)cc(=O)[nH]2)s1. The van der Waals surface area contributed by atoms with E-state index in [1.54, 1.807) is 29.2 Å². The summed E-state index contributed by atoms with van der Waals surface area (Å²) in [4.78, 5) is 24.3. The number of aromatic nitrogens is 3. The number of hydrogen-bond donors (Lipinski definition) is 2. The molecule has 2 aromatic rings. The van der Waals surface area contributed by atoms with Crippen molar-refractivity contribution in [3.63, 3.8) is 0 Å². The number of hydrogen-bond acceptors (Lipinski definition) is 6. The Morgan fingerprint density at radius 1 is 1.38 bits per heavy atom. The number of thiazole rings is 1. The Hall–Kier alpha value is -1.34. The summed E-state index contributed by atoms with van der Waals surface area (Å²) < 4.78 is 0.